The largest absolute Gasteiger partial charge is 0.481 e. The van der Waals surface area contributed by atoms with E-state index in [4.69, 9.17) is 9.84 Å². The maximum atomic E-state index is 11.5. The zero-order chi connectivity index (χ0) is 13.6. The summed E-state index contributed by atoms with van der Waals surface area (Å²) in [6, 6.07) is 0. The Morgan fingerprint density at radius 1 is 1.33 bits per heavy atom. The van der Waals surface area contributed by atoms with Crippen molar-refractivity contribution >= 4 is 16.0 Å². The molecule has 0 aliphatic heterocycles. The van der Waals surface area contributed by atoms with Crippen LogP contribution in [0.25, 0.3) is 0 Å². The van der Waals surface area contributed by atoms with Gasteiger partial charge in [0.25, 0.3) is 0 Å². The zero-order valence-corrected chi connectivity index (χ0v) is 11.4. The lowest BCUT2D eigenvalue weighted by atomic mass is 9.82. The molecular formula is C11H21NO5S. The molecule has 0 amide bonds. The van der Waals surface area contributed by atoms with Crippen molar-refractivity contribution in [3.05, 3.63) is 0 Å². The number of aliphatic carboxylic acids is 1. The van der Waals surface area contributed by atoms with Crippen molar-refractivity contribution in [3.8, 4) is 0 Å². The summed E-state index contributed by atoms with van der Waals surface area (Å²) in [6.45, 7) is 0.583. The van der Waals surface area contributed by atoms with Crippen LogP contribution in [0.1, 0.15) is 25.7 Å². The molecule has 18 heavy (non-hydrogen) atoms. The Balaban J connectivity index is 2.27. The Bertz CT molecular complexity index is 360. The highest BCUT2D eigenvalue weighted by Gasteiger charge is 2.26. The first-order valence-electron chi connectivity index (χ1n) is 6.13. The monoisotopic (exact) mass is 279 g/mol. The third-order valence-electron chi connectivity index (χ3n) is 3.34. The standard InChI is InChI=1S/C11H21NO5S/c1-17-6-7-18(15,16)12-8-9-2-4-10(5-3-9)11(13)14/h9-10,12H,2-8H2,1H3,(H,13,14). The normalized spacial score (nSPS) is 24.9. The van der Waals surface area contributed by atoms with Crippen LogP contribution in [-0.4, -0.2) is 45.5 Å². The quantitative estimate of drug-likeness (QED) is 0.705. The molecule has 6 nitrogen and oxygen atoms in total. The van der Waals surface area contributed by atoms with Gasteiger partial charge in [0.2, 0.25) is 10.0 Å². The Morgan fingerprint density at radius 2 is 1.94 bits per heavy atom. The summed E-state index contributed by atoms with van der Waals surface area (Å²) in [7, 11) is -1.80. The highest BCUT2D eigenvalue weighted by molar-refractivity contribution is 7.89. The lowest BCUT2D eigenvalue weighted by molar-refractivity contribution is -0.143. The van der Waals surface area contributed by atoms with Crippen molar-refractivity contribution in [2.75, 3.05) is 26.0 Å². The van der Waals surface area contributed by atoms with Gasteiger partial charge in [0.15, 0.2) is 0 Å². The molecule has 106 valence electrons. The predicted octanol–water partition coefficient (Wildman–Crippen LogP) is 0.443. The van der Waals surface area contributed by atoms with Gasteiger partial charge in [-0.2, -0.15) is 0 Å². The molecule has 0 radical (unpaired) electrons. The third-order valence-corrected chi connectivity index (χ3v) is 4.65. The fourth-order valence-corrected chi connectivity index (χ4v) is 3.14. The van der Waals surface area contributed by atoms with Gasteiger partial charge < -0.3 is 9.84 Å². The molecule has 7 heteroatoms. The smallest absolute Gasteiger partial charge is 0.306 e. The summed E-state index contributed by atoms with van der Waals surface area (Å²) in [5, 5.41) is 8.86. The highest BCUT2D eigenvalue weighted by atomic mass is 32.2. The Labute approximate surface area is 108 Å². The highest BCUT2D eigenvalue weighted by Crippen LogP contribution is 2.28. The first kappa shape index (κ1) is 15.4. The van der Waals surface area contributed by atoms with E-state index < -0.39 is 16.0 Å². The molecule has 0 aromatic rings. The van der Waals surface area contributed by atoms with Gasteiger partial charge in [0, 0.05) is 13.7 Å². The fourth-order valence-electron chi connectivity index (χ4n) is 2.12. The topological polar surface area (TPSA) is 92.7 Å². The van der Waals surface area contributed by atoms with Crippen LogP contribution in [0.2, 0.25) is 0 Å². The van der Waals surface area contributed by atoms with Crippen molar-refractivity contribution in [2.45, 2.75) is 25.7 Å². The van der Waals surface area contributed by atoms with Crippen LogP contribution in [0.4, 0.5) is 0 Å². The van der Waals surface area contributed by atoms with Gasteiger partial charge in [-0.1, -0.05) is 0 Å². The molecule has 0 aromatic heterocycles. The van der Waals surface area contributed by atoms with Crippen LogP contribution in [0.15, 0.2) is 0 Å². The van der Waals surface area contributed by atoms with Gasteiger partial charge in [-0.15, -0.1) is 0 Å². The number of carboxylic acids is 1. The van der Waals surface area contributed by atoms with Crippen LogP contribution in [0, 0.1) is 11.8 Å². The molecule has 2 N–H and O–H groups in total. The van der Waals surface area contributed by atoms with E-state index in [1.807, 2.05) is 0 Å². The van der Waals surface area contributed by atoms with Crippen LogP contribution < -0.4 is 4.72 Å². The molecule has 0 saturated heterocycles. The third kappa shape index (κ3) is 5.32. The van der Waals surface area contributed by atoms with Gasteiger partial charge in [0.1, 0.15) is 0 Å². The van der Waals surface area contributed by atoms with E-state index in [0.29, 0.717) is 19.4 Å². The number of methoxy groups -OCH3 is 1. The van der Waals surface area contributed by atoms with Gasteiger partial charge in [0.05, 0.1) is 18.3 Å². The number of hydrogen-bond acceptors (Lipinski definition) is 4. The van der Waals surface area contributed by atoms with Gasteiger partial charge in [-0.25, -0.2) is 13.1 Å². The summed E-state index contributed by atoms with van der Waals surface area (Å²) >= 11 is 0. The summed E-state index contributed by atoms with van der Waals surface area (Å²) in [5.41, 5.74) is 0. The summed E-state index contributed by atoms with van der Waals surface area (Å²) in [5.74, 6) is -0.785. The Hall–Kier alpha value is -0.660. The molecule has 0 heterocycles. The fraction of sp³-hybridized carbons (Fsp3) is 0.909. The number of hydrogen-bond donors (Lipinski definition) is 2. The second-order valence-electron chi connectivity index (χ2n) is 4.72. The minimum absolute atomic E-state index is 0.0338. The maximum absolute atomic E-state index is 11.5. The molecule has 0 unspecified atom stereocenters. The second kappa shape index (κ2) is 7.06. The molecule has 1 aliphatic carbocycles. The number of carboxylic acid groups (broad SMARTS) is 1. The van der Waals surface area contributed by atoms with E-state index in [1.54, 1.807) is 0 Å². The molecule has 1 saturated carbocycles. The van der Waals surface area contributed by atoms with E-state index in [0.717, 1.165) is 12.8 Å². The van der Waals surface area contributed by atoms with Crippen molar-refractivity contribution in [2.24, 2.45) is 11.8 Å². The summed E-state index contributed by atoms with van der Waals surface area (Å²) in [6.07, 6.45) is 2.81. The minimum Gasteiger partial charge on any atom is -0.481 e. The SMILES string of the molecule is COCCS(=O)(=O)NCC1CCC(C(=O)O)CC1. The van der Waals surface area contributed by atoms with E-state index >= 15 is 0 Å². The molecule has 0 spiro atoms. The molecule has 1 aliphatic rings. The summed E-state index contributed by atoms with van der Waals surface area (Å²) < 4.78 is 30.3. The number of sulfonamides is 1. The average Bonchev–Trinajstić information content (AvgIpc) is 2.35. The predicted molar refractivity (Wildman–Crippen MR) is 66.7 cm³/mol. The van der Waals surface area contributed by atoms with Crippen LogP contribution in [0.5, 0.6) is 0 Å². The zero-order valence-electron chi connectivity index (χ0n) is 10.6. The molecule has 0 bridgehead atoms. The van der Waals surface area contributed by atoms with Crippen molar-refractivity contribution in [1.29, 1.82) is 0 Å². The van der Waals surface area contributed by atoms with Crippen molar-refractivity contribution < 1.29 is 23.1 Å². The van der Waals surface area contributed by atoms with Gasteiger partial charge in [-0.3, -0.25) is 4.79 Å². The van der Waals surface area contributed by atoms with E-state index in [2.05, 4.69) is 4.72 Å². The first-order valence-corrected chi connectivity index (χ1v) is 7.79. The van der Waals surface area contributed by atoms with Gasteiger partial charge >= 0.3 is 5.97 Å². The summed E-state index contributed by atoms with van der Waals surface area (Å²) in [4.78, 5) is 10.8. The second-order valence-corrected chi connectivity index (χ2v) is 6.64. The lowest BCUT2D eigenvalue weighted by Gasteiger charge is -2.26. The number of ether oxygens (including phenoxy) is 1. The van der Waals surface area contributed by atoms with Crippen molar-refractivity contribution in [3.63, 3.8) is 0 Å². The molecule has 0 atom stereocenters. The van der Waals surface area contributed by atoms with Crippen LogP contribution >= 0.6 is 0 Å². The molecule has 1 rings (SSSR count). The Kier molecular flexibility index (Phi) is 6.04. The molecule has 0 aromatic carbocycles. The number of nitrogens with one attached hydrogen (secondary N) is 1. The number of rotatable bonds is 7. The minimum atomic E-state index is -3.26. The van der Waals surface area contributed by atoms with Crippen LogP contribution in [0.3, 0.4) is 0 Å². The molecular weight excluding hydrogens is 258 g/mol. The van der Waals surface area contributed by atoms with Crippen LogP contribution in [-0.2, 0) is 19.6 Å². The maximum Gasteiger partial charge on any atom is 0.306 e. The number of carbonyl (C=O) groups is 1. The van der Waals surface area contributed by atoms with Gasteiger partial charge in [-0.05, 0) is 31.6 Å². The van der Waals surface area contributed by atoms with E-state index in [1.165, 1.54) is 7.11 Å². The Morgan fingerprint density at radius 3 is 2.44 bits per heavy atom. The molecule has 1 fully saturated rings. The van der Waals surface area contributed by atoms with E-state index in [9.17, 15) is 13.2 Å². The lowest BCUT2D eigenvalue weighted by Crippen LogP contribution is -2.34. The van der Waals surface area contributed by atoms with E-state index in [-0.39, 0.29) is 24.2 Å². The first-order chi connectivity index (χ1) is 8.44. The average molecular weight is 279 g/mol. The van der Waals surface area contributed by atoms with Crippen molar-refractivity contribution in [1.82, 2.24) is 4.72 Å².